The van der Waals surface area contributed by atoms with Crippen LogP contribution < -0.4 is 5.32 Å². The molecule has 4 nitrogen and oxygen atoms in total. The van der Waals surface area contributed by atoms with Crippen LogP contribution in [0.4, 0.5) is 0 Å². The molecule has 0 radical (unpaired) electrons. The van der Waals surface area contributed by atoms with Gasteiger partial charge in [0.05, 0.1) is 13.2 Å². The van der Waals surface area contributed by atoms with Crippen molar-refractivity contribution in [3.05, 3.63) is 0 Å². The predicted molar refractivity (Wildman–Crippen MR) is 50.4 cm³/mol. The van der Waals surface area contributed by atoms with Crippen LogP contribution in [0.25, 0.3) is 0 Å². The van der Waals surface area contributed by atoms with Gasteiger partial charge in [-0.2, -0.15) is 0 Å². The van der Waals surface area contributed by atoms with Crippen LogP contribution in [0.2, 0.25) is 0 Å². The molecule has 0 aromatic carbocycles. The molecule has 0 aliphatic carbocycles. The van der Waals surface area contributed by atoms with Gasteiger partial charge < -0.3 is 15.2 Å². The normalized spacial score (nSPS) is 15.1. The summed E-state index contributed by atoms with van der Waals surface area (Å²) < 4.78 is 4.53. The number of hydrogen-bond donors (Lipinski definition) is 2. The Morgan fingerprint density at radius 3 is 2.69 bits per heavy atom. The van der Waals surface area contributed by atoms with Gasteiger partial charge in [-0.1, -0.05) is 6.92 Å². The van der Waals surface area contributed by atoms with Crippen molar-refractivity contribution in [1.29, 1.82) is 0 Å². The van der Waals surface area contributed by atoms with Crippen molar-refractivity contribution in [2.75, 3.05) is 13.7 Å². The van der Waals surface area contributed by atoms with Crippen molar-refractivity contribution < 1.29 is 14.6 Å². The largest absolute Gasteiger partial charge is 0.468 e. The van der Waals surface area contributed by atoms with Gasteiger partial charge in [-0.3, -0.25) is 4.79 Å². The molecule has 13 heavy (non-hydrogen) atoms. The first-order valence-electron chi connectivity index (χ1n) is 4.61. The second kappa shape index (κ2) is 6.86. The summed E-state index contributed by atoms with van der Waals surface area (Å²) >= 11 is 0. The summed E-state index contributed by atoms with van der Waals surface area (Å²) in [4.78, 5) is 10.9. The molecule has 0 amide bonds. The van der Waals surface area contributed by atoms with E-state index in [0.29, 0.717) is 13.0 Å². The van der Waals surface area contributed by atoms with E-state index in [2.05, 4.69) is 10.1 Å². The summed E-state index contributed by atoms with van der Waals surface area (Å²) in [7, 11) is 1.36. The van der Waals surface area contributed by atoms with E-state index in [1.807, 2.05) is 6.92 Å². The minimum atomic E-state index is -0.297. The number of ether oxygens (including phenoxy) is 1. The van der Waals surface area contributed by atoms with Gasteiger partial charge in [0, 0.05) is 0 Å². The Morgan fingerprint density at radius 1 is 1.62 bits per heavy atom. The summed E-state index contributed by atoms with van der Waals surface area (Å²) in [5.41, 5.74) is 0. The van der Waals surface area contributed by atoms with Gasteiger partial charge in [0.2, 0.25) is 0 Å². The summed E-state index contributed by atoms with van der Waals surface area (Å²) in [6.07, 6.45) is 1.13. The summed E-state index contributed by atoms with van der Waals surface area (Å²) in [6.45, 7) is 4.30. The molecule has 0 spiro atoms. The number of carbonyl (C=O) groups excluding carboxylic acids is 1. The van der Waals surface area contributed by atoms with Crippen molar-refractivity contribution in [2.24, 2.45) is 0 Å². The Kier molecular flexibility index (Phi) is 6.54. The minimum absolute atomic E-state index is 0.272. The Balaban J connectivity index is 3.47. The highest BCUT2D eigenvalue weighted by Crippen LogP contribution is 1.95. The standard InChI is InChI=1S/C9H19NO3/c1-4-8(11)5-6-10-7(2)9(12)13-3/h7-8,10-11H,4-6H2,1-3H3. The van der Waals surface area contributed by atoms with Crippen LogP contribution in [-0.4, -0.2) is 36.9 Å². The third kappa shape index (κ3) is 5.60. The fourth-order valence-electron chi connectivity index (χ4n) is 0.931. The Bertz CT molecular complexity index is 150. The number of carbonyl (C=O) groups is 1. The molecule has 2 N–H and O–H groups in total. The van der Waals surface area contributed by atoms with Gasteiger partial charge in [-0.05, 0) is 26.3 Å². The van der Waals surface area contributed by atoms with Crippen LogP contribution in [0.3, 0.4) is 0 Å². The molecule has 0 saturated carbocycles. The van der Waals surface area contributed by atoms with Gasteiger partial charge >= 0.3 is 5.97 Å². The number of nitrogens with one attached hydrogen (secondary N) is 1. The average Bonchev–Trinajstić information content (AvgIpc) is 2.15. The van der Waals surface area contributed by atoms with E-state index in [4.69, 9.17) is 0 Å². The number of aliphatic hydroxyl groups excluding tert-OH is 1. The highest BCUT2D eigenvalue weighted by Gasteiger charge is 2.11. The quantitative estimate of drug-likeness (QED) is 0.590. The van der Waals surface area contributed by atoms with Crippen molar-refractivity contribution in [1.82, 2.24) is 5.32 Å². The SMILES string of the molecule is CCC(O)CCNC(C)C(=O)OC. The first kappa shape index (κ1) is 12.4. The van der Waals surface area contributed by atoms with E-state index < -0.39 is 0 Å². The highest BCUT2D eigenvalue weighted by molar-refractivity contribution is 5.74. The zero-order valence-corrected chi connectivity index (χ0v) is 8.54. The molecular weight excluding hydrogens is 170 g/mol. The van der Waals surface area contributed by atoms with E-state index in [-0.39, 0.29) is 18.1 Å². The molecule has 0 aromatic heterocycles. The monoisotopic (exact) mass is 189 g/mol. The van der Waals surface area contributed by atoms with Crippen LogP contribution in [0.15, 0.2) is 0 Å². The smallest absolute Gasteiger partial charge is 0.322 e. The molecule has 0 aromatic rings. The number of hydrogen-bond acceptors (Lipinski definition) is 4. The highest BCUT2D eigenvalue weighted by atomic mass is 16.5. The molecule has 2 unspecified atom stereocenters. The van der Waals surface area contributed by atoms with E-state index in [9.17, 15) is 9.90 Å². The van der Waals surface area contributed by atoms with Gasteiger partial charge in [-0.25, -0.2) is 0 Å². The summed E-state index contributed by atoms with van der Waals surface area (Å²) in [5.74, 6) is -0.272. The van der Waals surface area contributed by atoms with Gasteiger partial charge in [-0.15, -0.1) is 0 Å². The zero-order chi connectivity index (χ0) is 10.3. The lowest BCUT2D eigenvalue weighted by atomic mass is 10.2. The lowest BCUT2D eigenvalue weighted by Gasteiger charge is -2.12. The summed E-state index contributed by atoms with van der Waals surface area (Å²) in [6, 6.07) is -0.297. The lowest BCUT2D eigenvalue weighted by Crippen LogP contribution is -2.36. The van der Waals surface area contributed by atoms with Crippen LogP contribution in [0.1, 0.15) is 26.7 Å². The fourth-order valence-corrected chi connectivity index (χ4v) is 0.931. The van der Waals surface area contributed by atoms with Gasteiger partial charge in [0.25, 0.3) is 0 Å². The fraction of sp³-hybridized carbons (Fsp3) is 0.889. The molecule has 0 fully saturated rings. The van der Waals surface area contributed by atoms with Gasteiger partial charge in [0.1, 0.15) is 6.04 Å². The Hall–Kier alpha value is -0.610. The molecule has 0 saturated heterocycles. The predicted octanol–water partition coefficient (Wildman–Crippen LogP) is 0.298. The maximum Gasteiger partial charge on any atom is 0.322 e. The van der Waals surface area contributed by atoms with Crippen molar-refractivity contribution in [3.8, 4) is 0 Å². The molecule has 78 valence electrons. The molecule has 0 rings (SSSR count). The molecule has 2 atom stereocenters. The molecule has 0 aliphatic heterocycles. The van der Waals surface area contributed by atoms with Gasteiger partial charge in [0.15, 0.2) is 0 Å². The third-order valence-corrected chi connectivity index (χ3v) is 1.95. The maximum absolute atomic E-state index is 10.9. The average molecular weight is 189 g/mol. The van der Waals surface area contributed by atoms with E-state index in [1.165, 1.54) is 7.11 Å². The molecular formula is C9H19NO3. The van der Waals surface area contributed by atoms with E-state index >= 15 is 0 Å². The maximum atomic E-state index is 10.9. The summed E-state index contributed by atoms with van der Waals surface area (Å²) in [5, 5.41) is 12.2. The van der Waals surface area contributed by atoms with Crippen LogP contribution in [0, 0.1) is 0 Å². The van der Waals surface area contributed by atoms with Crippen LogP contribution in [0.5, 0.6) is 0 Å². The second-order valence-corrected chi connectivity index (χ2v) is 3.05. The number of esters is 1. The van der Waals surface area contributed by atoms with E-state index in [1.54, 1.807) is 6.92 Å². The van der Waals surface area contributed by atoms with Crippen LogP contribution >= 0.6 is 0 Å². The first-order valence-corrected chi connectivity index (χ1v) is 4.61. The topological polar surface area (TPSA) is 58.6 Å². The molecule has 0 aliphatic rings. The molecule has 4 heteroatoms. The number of methoxy groups -OCH3 is 1. The molecule has 0 bridgehead atoms. The Labute approximate surface area is 79.3 Å². The van der Waals surface area contributed by atoms with E-state index in [0.717, 1.165) is 6.42 Å². The lowest BCUT2D eigenvalue weighted by molar-refractivity contribution is -0.142. The Morgan fingerprint density at radius 2 is 2.23 bits per heavy atom. The first-order chi connectivity index (χ1) is 6.11. The van der Waals surface area contributed by atoms with Crippen LogP contribution in [-0.2, 0) is 9.53 Å². The number of rotatable bonds is 6. The number of aliphatic hydroxyl groups is 1. The van der Waals surface area contributed by atoms with Crippen molar-refractivity contribution in [2.45, 2.75) is 38.8 Å². The van der Waals surface area contributed by atoms with Crippen molar-refractivity contribution in [3.63, 3.8) is 0 Å². The third-order valence-electron chi connectivity index (χ3n) is 1.95. The second-order valence-electron chi connectivity index (χ2n) is 3.05. The zero-order valence-electron chi connectivity index (χ0n) is 8.54. The minimum Gasteiger partial charge on any atom is -0.468 e. The van der Waals surface area contributed by atoms with Crippen molar-refractivity contribution >= 4 is 5.97 Å². The molecule has 0 heterocycles.